The molecular weight excluding hydrogens is 529 g/mol. The number of amides is 1. The Kier molecular flexibility index (Phi) is 6.90. The van der Waals surface area contributed by atoms with Crippen LogP contribution in [0.5, 0.6) is 0 Å². The number of hydrogen-bond acceptors (Lipinski definition) is 6. The number of carbonyl (C=O) groups is 1. The molecular formula is C31H27F3N6O. The first-order valence-electron chi connectivity index (χ1n) is 13.4. The number of alkyl halides is 3. The van der Waals surface area contributed by atoms with E-state index < -0.39 is 17.6 Å². The Morgan fingerprint density at radius 1 is 0.976 bits per heavy atom. The number of hydrogen-bond donors (Lipinski definition) is 4. The largest absolute Gasteiger partial charge is 0.416 e. The fourth-order valence-electron chi connectivity index (χ4n) is 4.64. The lowest BCUT2D eigenvalue weighted by atomic mass is 9.93. The third-order valence-corrected chi connectivity index (χ3v) is 7.13. The summed E-state index contributed by atoms with van der Waals surface area (Å²) in [7, 11) is 0. The molecule has 2 aliphatic rings. The van der Waals surface area contributed by atoms with Gasteiger partial charge in [0, 0.05) is 41.3 Å². The SMILES string of the molecule is N=C/C(=C\NC1CC1)Nc1ncc2cc(-c3cc(C(=O)Nc4cccc(C(F)(F)F)c4)ccc3C3CC3)ccc2n1. The van der Waals surface area contributed by atoms with Crippen LogP contribution in [-0.4, -0.2) is 28.1 Å². The Hall–Kier alpha value is -4.73. The van der Waals surface area contributed by atoms with Gasteiger partial charge in [-0.05, 0) is 90.8 Å². The van der Waals surface area contributed by atoms with Gasteiger partial charge in [0.25, 0.3) is 5.91 Å². The van der Waals surface area contributed by atoms with Crippen molar-refractivity contribution in [3.05, 3.63) is 95.4 Å². The predicted octanol–water partition coefficient (Wildman–Crippen LogP) is 7.10. The molecule has 2 saturated carbocycles. The van der Waals surface area contributed by atoms with Gasteiger partial charge in [-0.3, -0.25) is 4.79 Å². The van der Waals surface area contributed by atoms with Crippen LogP contribution in [0.1, 0.15) is 53.1 Å². The van der Waals surface area contributed by atoms with Crippen LogP contribution < -0.4 is 16.0 Å². The second-order valence-corrected chi connectivity index (χ2v) is 10.4. The van der Waals surface area contributed by atoms with E-state index in [0.29, 0.717) is 29.2 Å². The van der Waals surface area contributed by atoms with Crippen molar-refractivity contribution in [1.82, 2.24) is 15.3 Å². The van der Waals surface area contributed by atoms with E-state index in [0.717, 1.165) is 65.4 Å². The second kappa shape index (κ2) is 10.7. The normalized spacial score (nSPS) is 15.4. The number of benzene rings is 3. The highest BCUT2D eigenvalue weighted by Gasteiger charge is 2.31. The number of halogens is 3. The van der Waals surface area contributed by atoms with Crippen molar-refractivity contribution in [1.29, 1.82) is 5.41 Å². The van der Waals surface area contributed by atoms with Crippen LogP contribution in [-0.2, 0) is 6.18 Å². The lowest BCUT2D eigenvalue weighted by Gasteiger charge is -2.14. The van der Waals surface area contributed by atoms with Gasteiger partial charge >= 0.3 is 6.18 Å². The minimum Gasteiger partial charge on any atom is -0.386 e. The van der Waals surface area contributed by atoms with Crippen molar-refractivity contribution in [2.45, 2.75) is 43.8 Å². The van der Waals surface area contributed by atoms with Crippen LogP contribution in [0.15, 0.2) is 78.8 Å². The average Bonchev–Trinajstić information content (AvgIpc) is 3.89. The minimum atomic E-state index is -4.50. The molecule has 2 fully saturated rings. The Balaban J connectivity index is 1.26. The Morgan fingerprint density at radius 3 is 2.54 bits per heavy atom. The molecule has 4 aromatic rings. The number of nitrogens with zero attached hydrogens (tertiary/aromatic N) is 2. The van der Waals surface area contributed by atoms with E-state index in [-0.39, 0.29) is 5.69 Å². The highest BCUT2D eigenvalue weighted by molar-refractivity contribution is 6.05. The summed E-state index contributed by atoms with van der Waals surface area (Å²) in [6.45, 7) is 0. The Bertz CT molecular complexity index is 1670. The molecule has 4 N–H and O–H groups in total. The van der Waals surface area contributed by atoms with E-state index in [9.17, 15) is 18.0 Å². The third kappa shape index (κ3) is 6.21. The molecule has 208 valence electrons. The van der Waals surface area contributed by atoms with E-state index in [4.69, 9.17) is 5.41 Å². The molecule has 0 saturated heterocycles. The van der Waals surface area contributed by atoms with Gasteiger partial charge in [0.2, 0.25) is 5.95 Å². The van der Waals surface area contributed by atoms with Crippen molar-refractivity contribution in [2.24, 2.45) is 0 Å². The van der Waals surface area contributed by atoms with E-state index in [1.54, 1.807) is 24.5 Å². The summed E-state index contributed by atoms with van der Waals surface area (Å²) in [5.41, 5.74) is 3.80. The number of fused-ring (bicyclic) bond motifs is 1. The molecule has 0 radical (unpaired) electrons. The van der Waals surface area contributed by atoms with Gasteiger partial charge in [-0.1, -0.05) is 18.2 Å². The first-order valence-corrected chi connectivity index (χ1v) is 13.4. The van der Waals surface area contributed by atoms with E-state index in [1.165, 1.54) is 18.3 Å². The van der Waals surface area contributed by atoms with Crippen LogP contribution in [0.4, 0.5) is 24.8 Å². The minimum absolute atomic E-state index is 0.0780. The lowest BCUT2D eigenvalue weighted by molar-refractivity contribution is -0.137. The average molecular weight is 557 g/mol. The molecule has 41 heavy (non-hydrogen) atoms. The maximum Gasteiger partial charge on any atom is 0.416 e. The van der Waals surface area contributed by atoms with Crippen molar-refractivity contribution < 1.29 is 18.0 Å². The molecule has 6 rings (SSSR count). The van der Waals surface area contributed by atoms with Gasteiger partial charge in [-0.25, -0.2) is 9.97 Å². The first-order chi connectivity index (χ1) is 19.8. The summed E-state index contributed by atoms with van der Waals surface area (Å²) in [4.78, 5) is 22.1. The van der Waals surface area contributed by atoms with Gasteiger partial charge in [0.1, 0.15) is 0 Å². The standard InChI is InChI=1S/C31H27F3N6O/c32-31(33,34)22-2-1-3-24(14-22)38-29(41)20-6-10-26(18-4-5-18)27(13-20)19-7-11-28-21(12-19)16-37-30(40-28)39-25(15-35)17-36-23-8-9-23/h1-3,6-7,10-18,23,35-36H,4-5,8-9H2,(H,38,41)(H,37,39,40)/b25-17+,35-15?. The number of carbonyl (C=O) groups excluding carboxylic acids is 1. The summed E-state index contributed by atoms with van der Waals surface area (Å²) in [5, 5.41) is 17.3. The highest BCUT2D eigenvalue weighted by atomic mass is 19.4. The molecule has 0 bridgehead atoms. The van der Waals surface area contributed by atoms with Gasteiger partial charge in [0.15, 0.2) is 0 Å². The van der Waals surface area contributed by atoms with Gasteiger partial charge < -0.3 is 21.4 Å². The van der Waals surface area contributed by atoms with Crippen molar-refractivity contribution in [2.75, 3.05) is 10.6 Å². The summed E-state index contributed by atoms with van der Waals surface area (Å²) >= 11 is 0. The Morgan fingerprint density at radius 2 is 1.80 bits per heavy atom. The van der Waals surface area contributed by atoms with E-state index >= 15 is 0 Å². The molecule has 0 aliphatic heterocycles. The van der Waals surface area contributed by atoms with Gasteiger partial charge in [-0.2, -0.15) is 13.2 Å². The number of nitrogens with one attached hydrogen (secondary N) is 4. The van der Waals surface area contributed by atoms with E-state index in [1.807, 2.05) is 24.3 Å². The third-order valence-electron chi connectivity index (χ3n) is 7.13. The molecule has 1 amide bonds. The monoisotopic (exact) mass is 556 g/mol. The van der Waals surface area contributed by atoms with Crippen LogP contribution in [0.25, 0.3) is 22.0 Å². The maximum atomic E-state index is 13.1. The zero-order chi connectivity index (χ0) is 28.6. The molecule has 10 heteroatoms. The highest BCUT2D eigenvalue weighted by Crippen LogP contribution is 2.45. The van der Waals surface area contributed by atoms with Crippen LogP contribution in [0, 0.1) is 5.41 Å². The first kappa shape index (κ1) is 26.5. The van der Waals surface area contributed by atoms with Crippen molar-refractivity contribution in [3.8, 4) is 11.1 Å². The maximum absolute atomic E-state index is 13.1. The molecule has 1 aromatic heterocycles. The summed E-state index contributed by atoms with van der Waals surface area (Å²) in [5.74, 6) is 0.295. The van der Waals surface area contributed by atoms with Gasteiger partial charge in [0.05, 0.1) is 16.8 Å². The molecule has 7 nitrogen and oxygen atoms in total. The van der Waals surface area contributed by atoms with Crippen molar-refractivity contribution in [3.63, 3.8) is 0 Å². The van der Waals surface area contributed by atoms with Crippen LogP contribution in [0.3, 0.4) is 0 Å². The lowest BCUT2D eigenvalue weighted by Crippen LogP contribution is -2.13. The number of anilines is 2. The predicted molar refractivity (Wildman–Crippen MR) is 153 cm³/mol. The fraction of sp³-hybridized carbons (Fsp3) is 0.226. The zero-order valence-electron chi connectivity index (χ0n) is 21.9. The summed E-state index contributed by atoms with van der Waals surface area (Å²) < 4.78 is 39.4. The molecule has 3 aromatic carbocycles. The molecule has 0 atom stereocenters. The van der Waals surface area contributed by atoms with Crippen molar-refractivity contribution >= 4 is 34.7 Å². The van der Waals surface area contributed by atoms with Crippen LogP contribution in [0.2, 0.25) is 0 Å². The number of rotatable bonds is 9. The molecule has 1 heterocycles. The second-order valence-electron chi connectivity index (χ2n) is 10.4. The number of allylic oxidation sites excluding steroid dienone is 1. The molecule has 0 unspecified atom stereocenters. The zero-order valence-corrected chi connectivity index (χ0v) is 21.9. The topological polar surface area (TPSA) is 103 Å². The fourth-order valence-corrected chi connectivity index (χ4v) is 4.64. The van der Waals surface area contributed by atoms with Crippen LogP contribution >= 0.6 is 0 Å². The smallest absolute Gasteiger partial charge is 0.386 e. The van der Waals surface area contributed by atoms with E-state index in [2.05, 4.69) is 25.9 Å². The Labute approximate surface area is 234 Å². The number of aromatic nitrogens is 2. The summed E-state index contributed by atoms with van der Waals surface area (Å²) in [6, 6.07) is 16.3. The quantitative estimate of drug-likeness (QED) is 0.165. The molecule has 2 aliphatic carbocycles. The molecule has 0 spiro atoms. The summed E-state index contributed by atoms with van der Waals surface area (Å²) in [6.07, 6.45) is 4.57. The van der Waals surface area contributed by atoms with Gasteiger partial charge in [-0.15, -0.1) is 0 Å².